The molecule has 2 aromatic heterocycles. The zero-order valence-electron chi connectivity index (χ0n) is 13.1. The predicted octanol–water partition coefficient (Wildman–Crippen LogP) is 2.90. The maximum atomic E-state index is 5.29. The Morgan fingerprint density at radius 1 is 1.12 bits per heavy atom. The molecule has 0 spiro atoms. The fourth-order valence-corrected chi connectivity index (χ4v) is 2.32. The lowest BCUT2D eigenvalue weighted by Crippen LogP contribution is -1.96. The van der Waals surface area contributed by atoms with Crippen LogP contribution in [0.1, 0.15) is 5.56 Å². The quantitative estimate of drug-likeness (QED) is 0.570. The molecular formula is C16H15N5O2S. The number of nitrogens with zero attached hydrogens (tertiary/aromatic N) is 4. The minimum Gasteiger partial charge on any atom is -0.493 e. The normalized spacial score (nSPS) is 10.9. The highest BCUT2D eigenvalue weighted by Crippen LogP contribution is 2.27. The Kier molecular flexibility index (Phi) is 4.66. The van der Waals surface area contributed by atoms with Crippen LogP contribution in [-0.2, 0) is 0 Å². The molecule has 0 aliphatic rings. The first-order chi connectivity index (χ1) is 11.7. The fraction of sp³-hybridized carbons (Fsp3) is 0.125. The van der Waals surface area contributed by atoms with Crippen LogP contribution in [0.4, 0.5) is 0 Å². The molecule has 122 valence electrons. The second kappa shape index (κ2) is 7.05. The highest BCUT2D eigenvalue weighted by atomic mass is 32.1. The van der Waals surface area contributed by atoms with E-state index in [4.69, 9.17) is 21.7 Å². The molecule has 0 amide bonds. The summed E-state index contributed by atoms with van der Waals surface area (Å²) in [5.74, 6) is 1.90. The highest BCUT2D eigenvalue weighted by molar-refractivity contribution is 7.71. The predicted molar refractivity (Wildman–Crippen MR) is 93.2 cm³/mol. The first-order valence-corrected chi connectivity index (χ1v) is 7.48. The van der Waals surface area contributed by atoms with Crippen LogP contribution in [0.25, 0.3) is 11.4 Å². The monoisotopic (exact) mass is 341 g/mol. The van der Waals surface area contributed by atoms with E-state index in [1.807, 2.05) is 30.3 Å². The number of pyridine rings is 1. The van der Waals surface area contributed by atoms with E-state index in [1.54, 1.807) is 37.5 Å². The van der Waals surface area contributed by atoms with Crippen LogP contribution in [0.2, 0.25) is 0 Å². The molecule has 0 unspecified atom stereocenters. The van der Waals surface area contributed by atoms with Gasteiger partial charge in [0, 0.05) is 18.0 Å². The molecule has 3 aromatic rings. The van der Waals surface area contributed by atoms with Gasteiger partial charge >= 0.3 is 0 Å². The largest absolute Gasteiger partial charge is 0.493 e. The summed E-state index contributed by atoms with van der Waals surface area (Å²) >= 11 is 5.25. The molecular weight excluding hydrogens is 326 g/mol. The number of hydrogen-bond acceptors (Lipinski definition) is 6. The van der Waals surface area contributed by atoms with Gasteiger partial charge in [-0.05, 0) is 48.1 Å². The third-order valence-electron chi connectivity index (χ3n) is 3.32. The fourth-order valence-electron chi connectivity index (χ4n) is 2.14. The number of hydrogen-bond donors (Lipinski definition) is 1. The van der Waals surface area contributed by atoms with Crippen molar-refractivity contribution in [1.29, 1.82) is 0 Å². The van der Waals surface area contributed by atoms with Gasteiger partial charge < -0.3 is 9.47 Å². The number of aromatic amines is 1. The first kappa shape index (κ1) is 15.9. The molecule has 24 heavy (non-hydrogen) atoms. The molecule has 0 fully saturated rings. The van der Waals surface area contributed by atoms with Crippen LogP contribution in [-0.4, -0.2) is 40.3 Å². The van der Waals surface area contributed by atoms with Crippen molar-refractivity contribution >= 4 is 18.4 Å². The van der Waals surface area contributed by atoms with Crippen LogP contribution in [0.5, 0.6) is 11.5 Å². The van der Waals surface area contributed by atoms with Gasteiger partial charge in [0.1, 0.15) is 0 Å². The van der Waals surface area contributed by atoms with Crippen LogP contribution in [0.3, 0.4) is 0 Å². The van der Waals surface area contributed by atoms with Gasteiger partial charge in [0.25, 0.3) is 0 Å². The summed E-state index contributed by atoms with van der Waals surface area (Å²) in [6, 6.07) is 9.21. The van der Waals surface area contributed by atoms with Gasteiger partial charge in [-0.3, -0.25) is 4.98 Å². The van der Waals surface area contributed by atoms with Crippen molar-refractivity contribution in [3.05, 3.63) is 53.1 Å². The maximum absolute atomic E-state index is 5.29. The van der Waals surface area contributed by atoms with E-state index >= 15 is 0 Å². The van der Waals surface area contributed by atoms with E-state index < -0.39 is 0 Å². The Balaban J connectivity index is 1.96. The van der Waals surface area contributed by atoms with E-state index in [9.17, 15) is 0 Å². The van der Waals surface area contributed by atoms with Crippen molar-refractivity contribution in [3.63, 3.8) is 0 Å². The lowest BCUT2D eigenvalue weighted by molar-refractivity contribution is 0.355. The Bertz CT molecular complexity index is 918. The topological polar surface area (TPSA) is 77.3 Å². The lowest BCUT2D eigenvalue weighted by atomic mass is 10.2. The third kappa shape index (κ3) is 3.18. The first-order valence-electron chi connectivity index (χ1n) is 7.07. The maximum Gasteiger partial charge on any atom is 0.216 e. The Labute approximate surface area is 143 Å². The van der Waals surface area contributed by atoms with Crippen LogP contribution in [0.15, 0.2) is 47.8 Å². The molecule has 2 heterocycles. The van der Waals surface area contributed by atoms with Gasteiger partial charge in [0.2, 0.25) is 4.77 Å². The number of nitrogens with one attached hydrogen (secondary N) is 1. The van der Waals surface area contributed by atoms with E-state index in [2.05, 4.69) is 20.3 Å². The van der Waals surface area contributed by atoms with Crippen molar-refractivity contribution in [2.75, 3.05) is 14.2 Å². The Morgan fingerprint density at radius 2 is 1.88 bits per heavy atom. The molecule has 7 nitrogen and oxygen atoms in total. The zero-order valence-corrected chi connectivity index (χ0v) is 13.9. The van der Waals surface area contributed by atoms with Crippen molar-refractivity contribution in [2.45, 2.75) is 0 Å². The van der Waals surface area contributed by atoms with Crippen molar-refractivity contribution in [3.8, 4) is 22.9 Å². The molecule has 1 N–H and O–H groups in total. The Hall–Kier alpha value is -3.00. The minimum absolute atomic E-state index is 0.401. The second-order valence-electron chi connectivity index (χ2n) is 4.76. The summed E-state index contributed by atoms with van der Waals surface area (Å²) in [5, 5.41) is 11.4. The van der Waals surface area contributed by atoms with Gasteiger partial charge in [-0.15, -0.1) is 0 Å². The third-order valence-corrected chi connectivity index (χ3v) is 3.58. The lowest BCUT2D eigenvalue weighted by Gasteiger charge is -2.07. The van der Waals surface area contributed by atoms with Gasteiger partial charge in [-0.1, -0.05) is 0 Å². The summed E-state index contributed by atoms with van der Waals surface area (Å²) < 4.78 is 12.5. The van der Waals surface area contributed by atoms with E-state index in [0.717, 1.165) is 11.1 Å². The molecule has 0 radical (unpaired) electrons. The van der Waals surface area contributed by atoms with E-state index in [-0.39, 0.29) is 0 Å². The molecule has 0 saturated carbocycles. The summed E-state index contributed by atoms with van der Waals surface area (Å²) in [4.78, 5) is 4.00. The number of methoxy groups -OCH3 is 2. The smallest absolute Gasteiger partial charge is 0.216 e. The van der Waals surface area contributed by atoms with Crippen molar-refractivity contribution in [2.24, 2.45) is 5.10 Å². The number of aromatic nitrogens is 4. The van der Waals surface area contributed by atoms with Crippen LogP contribution >= 0.6 is 12.2 Å². The molecule has 0 aliphatic carbocycles. The summed E-state index contributed by atoms with van der Waals surface area (Å²) in [5.41, 5.74) is 1.71. The van der Waals surface area contributed by atoms with Crippen molar-refractivity contribution < 1.29 is 9.47 Å². The second-order valence-corrected chi connectivity index (χ2v) is 5.15. The van der Waals surface area contributed by atoms with Gasteiger partial charge in [-0.2, -0.15) is 14.9 Å². The summed E-state index contributed by atoms with van der Waals surface area (Å²) in [6.45, 7) is 0. The molecule has 0 saturated heterocycles. The van der Waals surface area contributed by atoms with Crippen molar-refractivity contribution in [1.82, 2.24) is 19.9 Å². The molecule has 8 heteroatoms. The molecule has 0 atom stereocenters. The number of H-pyrrole nitrogens is 1. The molecule has 0 aliphatic heterocycles. The van der Waals surface area contributed by atoms with Gasteiger partial charge in [0.15, 0.2) is 17.3 Å². The van der Waals surface area contributed by atoms with E-state index in [1.165, 1.54) is 0 Å². The summed E-state index contributed by atoms with van der Waals surface area (Å²) in [6.07, 6.45) is 5.06. The average molecular weight is 341 g/mol. The number of rotatable bonds is 5. The molecule has 1 aromatic carbocycles. The van der Waals surface area contributed by atoms with Gasteiger partial charge in [0.05, 0.1) is 20.4 Å². The number of benzene rings is 1. The summed E-state index contributed by atoms with van der Waals surface area (Å²) in [7, 11) is 3.18. The number of ether oxygens (including phenoxy) is 2. The SMILES string of the molecule is COc1ccc(/C=N\n2c(-c3ccncc3)n[nH]c2=S)cc1OC. The van der Waals surface area contributed by atoms with E-state index in [0.29, 0.717) is 22.1 Å². The standard InChI is InChI=1S/C16H15N5O2S/c1-22-13-4-3-11(9-14(13)23-2)10-18-21-15(19-20-16(21)24)12-5-7-17-8-6-12/h3-10H,1-2H3,(H,20,24)/b18-10-. The van der Waals surface area contributed by atoms with Crippen LogP contribution < -0.4 is 9.47 Å². The Morgan fingerprint density at radius 3 is 2.58 bits per heavy atom. The minimum atomic E-state index is 0.401. The van der Waals surface area contributed by atoms with Gasteiger partial charge in [-0.25, -0.2) is 5.10 Å². The zero-order chi connectivity index (χ0) is 16.9. The molecule has 3 rings (SSSR count). The average Bonchev–Trinajstić information content (AvgIpc) is 3.01. The van der Waals surface area contributed by atoms with Crippen LogP contribution in [0, 0.1) is 4.77 Å². The molecule has 0 bridgehead atoms. The highest BCUT2D eigenvalue weighted by Gasteiger charge is 2.08.